The zero-order chi connectivity index (χ0) is 20.8. The Morgan fingerprint density at radius 1 is 1.30 bits per heavy atom. The summed E-state index contributed by atoms with van der Waals surface area (Å²) in [4.78, 5) is 16.7. The number of aryl methyl sites for hydroxylation is 1. The maximum Gasteiger partial charge on any atom is 0.180 e. The number of nitrogens with one attached hydrogen (secondary N) is 2. The summed E-state index contributed by atoms with van der Waals surface area (Å²) >= 11 is 1.82. The van der Waals surface area contributed by atoms with E-state index in [9.17, 15) is 0 Å². The zero-order valence-corrected chi connectivity index (χ0v) is 18.6. The van der Waals surface area contributed by atoms with Crippen LogP contribution in [0.4, 0.5) is 5.82 Å². The third-order valence-electron chi connectivity index (χ3n) is 5.97. The van der Waals surface area contributed by atoms with E-state index in [1.807, 2.05) is 37.3 Å². The number of thioether (sulfide) groups is 1. The van der Waals surface area contributed by atoms with Gasteiger partial charge in [-0.1, -0.05) is 25.6 Å². The van der Waals surface area contributed by atoms with Gasteiger partial charge in [-0.3, -0.25) is 14.3 Å². The van der Waals surface area contributed by atoms with Crippen LogP contribution in [0.5, 0.6) is 0 Å². The molecule has 5 rings (SSSR count). The molecule has 0 amide bonds. The van der Waals surface area contributed by atoms with Crippen molar-refractivity contribution in [2.24, 2.45) is 22.6 Å². The highest BCUT2D eigenvalue weighted by atomic mass is 32.2. The van der Waals surface area contributed by atoms with Gasteiger partial charge < -0.3 is 16.4 Å². The van der Waals surface area contributed by atoms with Gasteiger partial charge in [0.2, 0.25) is 0 Å². The first-order valence-corrected chi connectivity index (χ1v) is 11.6. The van der Waals surface area contributed by atoms with Crippen molar-refractivity contribution in [1.82, 2.24) is 24.6 Å². The number of imidazole rings is 1. The fourth-order valence-corrected chi connectivity index (χ4v) is 5.82. The van der Waals surface area contributed by atoms with Gasteiger partial charge in [0, 0.05) is 37.6 Å². The van der Waals surface area contributed by atoms with Crippen LogP contribution in [0.2, 0.25) is 0 Å². The van der Waals surface area contributed by atoms with Crippen LogP contribution in [0.25, 0.3) is 11.2 Å². The summed E-state index contributed by atoms with van der Waals surface area (Å²) in [5.41, 5.74) is 9.88. The van der Waals surface area contributed by atoms with Crippen LogP contribution in [-0.2, 0) is 0 Å². The molecular formula is C21H30N8S. The molecule has 0 spiro atoms. The highest BCUT2D eigenvalue weighted by Gasteiger charge is 2.27. The number of piperidine rings is 1. The van der Waals surface area contributed by atoms with Crippen LogP contribution in [0.1, 0.15) is 31.7 Å². The van der Waals surface area contributed by atoms with E-state index >= 15 is 0 Å². The van der Waals surface area contributed by atoms with Crippen LogP contribution in [-0.4, -0.2) is 62.0 Å². The number of hydrogen-bond acceptors (Lipinski definition) is 8. The Balaban J connectivity index is 1.28. The Kier molecular flexibility index (Phi) is 5.20. The van der Waals surface area contributed by atoms with Crippen molar-refractivity contribution in [2.75, 3.05) is 31.5 Å². The molecule has 0 aliphatic carbocycles. The second-order valence-corrected chi connectivity index (χ2v) is 10.2. The first-order valence-electron chi connectivity index (χ1n) is 10.7. The van der Waals surface area contributed by atoms with Crippen LogP contribution in [0, 0.1) is 18.8 Å². The minimum absolute atomic E-state index is 0.142. The predicted molar refractivity (Wildman–Crippen MR) is 124 cm³/mol. The minimum atomic E-state index is -0.142. The van der Waals surface area contributed by atoms with Crippen LogP contribution < -0.4 is 16.4 Å². The summed E-state index contributed by atoms with van der Waals surface area (Å²) in [7, 11) is 0. The number of likely N-dealkylation sites (tertiary alicyclic amines) is 1. The maximum atomic E-state index is 6.05. The van der Waals surface area contributed by atoms with Crippen LogP contribution >= 0.6 is 11.8 Å². The van der Waals surface area contributed by atoms with Crippen LogP contribution in [0.15, 0.2) is 23.6 Å². The second kappa shape index (κ2) is 7.86. The summed E-state index contributed by atoms with van der Waals surface area (Å²) in [5.74, 6) is 2.34. The minimum Gasteiger partial charge on any atom is -0.372 e. The number of fused-ring (bicyclic) bond motifs is 1. The van der Waals surface area contributed by atoms with Gasteiger partial charge in [0.1, 0.15) is 6.17 Å². The molecule has 3 unspecified atom stereocenters. The molecule has 160 valence electrons. The molecule has 4 N–H and O–H groups in total. The number of rotatable bonds is 5. The van der Waals surface area contributed by atoms with E-state index in [1.54, 1.807) is 0 Å². The standard InChI is InChI=1S/C21H30N8S/c1-12-4-13(2)9-28(8-12)11-18-23-7-17(30-18)27-20-21-25-6-16(15-5-24-19(15)22)29(21)10-14(3)26-20/h5-6,10,12-13,17,19,24H,4,7-9,11,22H2,1-3H3,(H,26,27)/t12?,13?,17?,19-/m1/s1. The Labute approximate surface area is 181 Å². The van der Waals surface area contributed by atoms with E-state index in [-0.39, 0.29) is 11.5 Å². The summed E-state index contributed by atoms with van der Waals surface area (Å²) in [6, 6.07) is 0. The average molecular weight is 427 g/mol. The molecular weight excluding hydrogens is 396 g/mol. The molecule has 0 saturated carbocycles. The Morgan fingerprint density at radius 2 is 2.10 bits per heavy atom. The number of nitrogens with zero attached hydrogens (tertiary/aromatic N) is 5. The molecule has 30 heavy (non-hydrogen) atoms. The molecule has 1 saturated heterocycles. The van der Waals surface area contributed by atoms with Crippen molar-refractivity contribution in [3.8, 4) is 0 Å². The summed E-state index contributed by atoms with van der Waals surface area (Å²) in [6.45, 7) is 10.8. The molecule has 9 heteroatoms. The number of nitrogens with two attached hydrogens (primary N) is 1. The molecule has 3 aliphatic heterocycles. The number of aliphatic imine (C=N–C) groups is 1. The monoisotopic (exact) mass is 426 g/mol. The van der Waals surface area contributed by atoms with Gasteiger partial charge >= 0.3 is 0 Å². The van der Waals surface area contributed by atoms with Crippen molar-refractivity contribution in [3.05, 3.63) is 30.0 Å². The summed E-state index contributed by atoms with van der Waals surface area (Å²) < 4.78 is 2.08. The van der Waals surface area contributed by atoms with Gasteiger partial charge in [0.05, 0.1) is 34.5 Å². The van der Waals surface area contributed by atoms with E-state index in [0.29, 0.717) is 0 Å². The SMILES string of the molecule is Cc1cn2c(C3=CN[C@H]3N)cnc2c(NC2CN=C(CN3CC(C)CC(C)C3)S2)n1. The van der Waals surface area contributed by atoms with Gasteiger partial charge in [-0.05, 0) is 25.2 Å². The van der Waals surface area contributed by atoms with Gasteiger partial charge in [-0.15, -0.1) is 0 Å². The lowest BCUT2D eigenvalue weighted by molar-refractivity contribution is 0.160. The van der Waals surface area contributed by atoms with Gasteiger partial charge in [-0.2, -0.15) is 0 Å². The lowest BCUT2D eigenvalue weighted by atomic mass is 9.92. The average Bonchev–Trinajstić information content (AvgIpc) is 3.27. The van der Waals surface area contributed by atoms with Gasteiger partial charge in [0.15, 0.2) is 11.5 Å². The van der Waals surface area contributed by atoms with E-state index in [2.05, 4.69) is 38.8 Å². The quantitative estimate of drug-likeness (QED) is 0.674. The molecule has 0 radical (unpaired) electrons. The fraction of sp³-hybridized carbons (Fsp3) is 0.571. The molecule has 2 aromatic heterocycles. The number of anilines is 1. The van der Waals surface area contributed by atoms with Crippen LogP contribution in [0.3, 0.4) is 0 Å². The molecule has 8 nitrogen and oxygen atoms in total. The molecule has 3 aliphatic rings. The Bertz CT molecular complexity index is 1000. The molecule has 0 aromatic carbocycles. The largest absolute Gasteiger partial charge is 0.372 e. The smallest absolute Gasteiger partial charge is 0.180 e. The van der Waals surface area contributed by atoms with Crippen molar-refractivity contribution in [2.45, 2.75) is 38.7 Å². The lowest BCUT2D eigenvalue weighted by Gasteiger charge is -2.34. The lowest BCUT2D eigenvalue weighted by Crippen LogP contribution is -2.43. The fourth-order valence-electron chi connectivity index (χ4n) is 4.77. The Hall–Kier alpha value is -2.10. The van der Waals surface area contributed by atoms with Gasteiger partial charge in [-0.25, -0.2) is 9.97 Å². The van der Waals surface area contributed by atoms with Gasteiger partial charge in [0.25, 0.3) is 0 Å². The molecule has 0 bridgehead atoms. The second-order valence-electron chi connectivity index (χ2n) is 8.94. The summed E-state index contributed by atoms with van der Waals surface area (Å²) in [5, 5.41) is 8.05. The van der Waals surface area contributed by atoms with E-state index < -0.39 is 0 Å². The highest BCUT2D eigenvalue weighted by molar-refractivity contribution is 8.14. The van der Waals surface area contributed by atoms with Crippen molar-refractivity contribution in [1.29, 1.82) is 0 Å². The van der Waals surface area contributed by atoms with E-state index in [1.165, 1.54) is 24.6 Å². The first kappa shape index (κ1) is 19.8. The van der Waals surface area contributed by atoms with E-state index in [0.717, 1.165) is 53.4 Å². The van der Waals surface area contributed by atoms with Crippen molar-refractivity contribution >= 4 is 33.8 Å². The molecule has 5 heterocycles. The Morgan fingerprint density at radius 3 is 2.80 bits per heavy atom. The molecule has 4 atom stereocenters. The summed E-state index contributed by atoms with van der Waals surface area (Å²) in [6.07, 6.45) is 7.01. The maximum absolute atomic E-state index is 6.05. The van der Waals surface area contributed by atoms with Crippen molar-refractivity contribution < 1.29 is 0 Å². The van der Waals surface area contributed by atoms with E-state index in [4.69, 9.17) is 15.7 Å². The predicted octanol–water partition coefficient (Wildman–Crippen LogP) is 2.13. The third-order valence-corrected chi connectivity index (χ3v) is 7.06. The topological polar surface area (TPSA) is 95.9 Å². The normalized spacial score (nSPS) is 29.3. The number of aromatic nitrogens is 3. The van der Waals surface area contributed by atoms with Crippen molar-refractivity contribution in [3.63, 3.8) is 0 Å². The zero-order valence-electron chi connectivity index (χ0n) is 17.8. The third kappa shape index (κ3) is 3.81. The molecule has 2 aromatic rings. The molecule has 1 fully saturated rings. The highest BCUT2D eigenvalue weighted by Crippen LogP contribution is 2.29. The number of hydrogen-bond donors (Lipinski definition) is 3. The first-order chi connectivity index (χ1) is 14.5.